The van der Waals surface area contributed by atoms with E-state index in [0.29, 0.717) is 5.82 Å². The number of hydrogen-bond donors (Lipinski definition) is 1. The van der Waals surface area contributed by atoms with Crippen molar-refractivity contribution in [2.24, 2.45) is 0 Å². The van der Waals surface area contributed by atoms with Gasteiger partial charge in [-0.2, -0.15) is 0 Å². The molecule has 10 heavy (non-hydrogen) atoms. The predicted octanol–water partition coefficient (Wildman–Crippen LogP) is -0.403. The molecule has 1 rings (SSSR count). The summed E-state index contributed by atoms with van der Waals surface area (Å²) in [6.07, 6.45) is 0.979. The lowest BCUT2D eigenvalue weighted by molar-refractivity contribution is -0.404. The number of nitrogens with one attached hydrogen (secondary N) is 1. The van der Waals surface area contributed by atoms with Gasteiger partial charge < -0.3 is 10.2 Å². The van der Waals surface area contributed by atoms with Crippen LogP contribution in [-0.2, 0) is 0 Å². The van der Waals surface area contributed by atoms with Crippen molar-refractivity contribution >= 4 is 0 Å². The highest BCUT2D eigenvalue weighted by atomic mass is 16.6. The molecule has 0 bridgehead atoms. The molecule has 1 N–H and O–H groups in total. The van der Waals surface area contributed by atoms with Gasteiger partial charge in [-0.1, -0.05) is 0 Å². The van der Waals surface area contributed by atoms with E-state index in [0.717, 1.165) is 19.3 Å². The molecule has 0 radical (unpaired) electrons. The maximum Gasteiger partial charge on any atom is 0.274 e. The molecule has 56 valence electrons. The van der Waals surface area contributed by atoms with E-state index in [1.807, 2.05) is 11.9 Å². The Labute approximate surface area is 58.5 Å². The van der Waals surface area contributed by atoms with Gasteiger partial charge in [0, 0.05) is 20.1 Å². The zero-order valence-electron chi connectivity index (χ0n) is 5.70. The van der Waals surface area contributed by atoms with Crippen LogP contribution in [0.3, 0.4) is 0 Å². The van der Waals surface area contributed by atoms with Crippen molar-refractivity contribution in [2.75, 3.05) is 20.1 Å². The summed E-state index contributed by atoms with van der Waals surface area (Å²) >= 11 is 0. The summed E-state index contributed by atoms with van der Waals surface area (Å²) in [7, 11) is 1.81. The molecule has 1 aliphatic rings. The summed E-state index contributed by atoms with van der Waals surface area (Å²) in [5, 5.41) is 12.8. The van der Waals surface area contributed by atoms with Crippen LogP contribution in [0.2, 0.25) is 0 Å². The second-order valence-corrected chi connectivity index (χ2v) is 2.15. The third-order valence-corrected chi connectivity index (χ3v) is 1.39. The van der Waals surface area contributed by atoms with E-state index >= 15 is 0 Å². The van der Waals surface area contributed by atoms with Crippen molar-refractivity contribution in [2.45, 2.75) is 0 Å². The highest BCUT2D eigenvalue weighted by Gasteiger charge is 2.13. The summed E-state index contributed by atoms with van der Waals surface area (Å²) in [5.41, 5.74) is 0. The van der Waals surface area contributed by atoms with Crippen molar-refractivity contribution in [1.82, 2.24) is 10.2 Å². The summed E-state index contributed by atoms with van der Waals surface area (Å²) in [5.74, 6) is 0.588. The number of nitrogens with zero attached hydrogens (tertiary/aromatic N) is 2. The second kappa shape index (κ2) is 2.55. The molecule has 5 nitrogen and oxygen atoms in total. The molecule has 1 fully saturated rings. The molecule has 0 amide bonds. The van der Waals surface area contributed by atoms with E-state index in [2.05, 4.69) is 5.32 Å². The van der Waals surface area contributed by atoms with E-state index in [4.69, 9.17) is 0 Å². The van der Waals surface area contributed by atoms with Gasteiger partial charge in [0.2, 0.25) is 0 Å². The van der Waals surface area contributed by atoms with Gasteiger partial charge in [-0.25, -0.2) is 0 Å². The monoisotopic (exact) mass is 143 g/mol. The second-order valence-electron chi connectivity index (χ2n) is 2.15. The Kier molecular flexibility index (Phi) is 1.75. The van der Waals surface area contributed by atoms with Crippen molar-refractivity contribution < 1.29 is 4.92 Å². The number of rotatable bonds is 1. The van der Waals surface area contributed by atoms with Crippen LogP contribution >= 0.6 is 0 Å². The predicted molar refractivity (Wildman–Crippen MR) is 35.7 cm³/mol. The molecule has 0 aliphatic carbocycles. The summed E-state index contributed by atoms with van der Waals surface area (Å²) in [6, 6.07) is 0. The molecule has 1 saturated heterocycles. The first-order chi connectivity index (χ1) is 4.70. The fraction of sp³-hybridized carbons (Fsp3) is 0.600. The van der Waals surface area contributed by atoms with Crippen LogP contribution < -0.4 is 5.32 Å². The van der Waals surface area contributed by atoms with E-state index in [1.165, 1.54) is 0 Å². The van der Waals surface area contributed by atoms with Gasteiger partial charge in [0.15, 0.2) is 5.82 Å². The van der Waals surface area contributed by atoms with E-state index < -0.39 is 4.92 Å². The Morgan fingerprint density at radius 1 is 1.90 bits per heavy atom. The standard InChI is InChI=1S/C5H9N3O2/c1-7-3-2-6-5(7)4-8(9)10/h4,6H,2-3H2,1H3/b5-4-. The fourth-order valence-electron chi connectivity index (χ4n) is 0.851. The molecule has 0 unspecified atom stereocenters. The minimum Gasteiger partial charge on any atom is -0.365 e. The molecule has 0 spiro atoms. The highest BCUT2D eigenvalue weighted by molar-refractivity contribution is 4.98. The first kappa shape index (κ1) is 6.85. The summed E-state index contributed by atoms with van der Waals surface area (Å²) < 4.78 is 0. The molecular weight excluding hydrogens is 134 g/mol. The fourth-order valence-corrected chi connectivity index (χ4v) is 0.851. The molecule has 0 aromatic rings. The van der Waals surface area contributed by atoms with Gasteiger partial charge in [0.05, 0.1) is 4.92 Å². The molecule has 0 aromatic carbocycles. The Balaban J connectivity index is 2.62. The minimum atomic E-state index is -0.454. The Morgan fingerprint density at radius 2 is 2.60 bits per heavy atom. The van der Waals surface area contributed by atoms with E-state index in [-0.39, 0.29) is 0 Å². The first-order valence-electron chi connectivity index (χ1n) is 3.00. The smallest absolute Gasteiger partial charge is 0.274 e. The summed E-state index contributed by atoms with van der Waals surface area (Å²) in [6.45, 7) is 1.62. The van der Waals surface area contributed by atoms with Crippen molar-refractivity contribution in [3.05, 3.63) is 22.1 Å². The normalized spacial score (nSPS) is 21.3. The van der Waals surface area contributed by atoms with Crippen LogP contribution in [0, 0.1) is 10.1 Å². The SMILES string of the molecule is CN1CCN/C1=C/[N+](=O)[O-]. The third-order valence-electron chi connectivity index (χ3n) is 1.39. The summed E-state index contributed by atoms with van der Waals surface area (Å²) in [4.78, 5) is 11.3. The van der Waals surface area contributed by atoms with Gasteiger partial charge in [0.25, 0.3) is 6.20 Å². The van der Waals surface area contributed by atoms with Gasteiger partial charge >= 0.3 is 0 Å². The van der Waals surface area contributed by atoms with E-state index in [9.17, 15) is 10.1 Å². The lowest BCUT2D eigenvalue weighted by atomic mass is 10.6. The number of nitro groups is 1. The third kappa shape index (κ3) is 1.37. The lowest BCUT2D eigenvalue weighted by Gasteiger charge is -2.06. The molecule has 0 saturated carbocycles. The van der Waals surface area contributed by atoms with Crippen LogP contribution in [0.5, 0.6) is 0 Å². The van der Waals surface area contributed by atoms with Crippen LogP contribution in [0.25, 0.3) is 0 Å². The first-order valence-corrected chi connectivity index (χ1v) is 3.00. The van der Waals surface area contributed by atoms with Gasteiger partial charge in [0.1, 0.15) is 0 Å². The molecular formula is C5H9N3O2. The van der Waals surface area contributed by atoms with Gasteiger partial charge in [-0.15, -0.1) is 0 Å². The van der Waals surface area contributed by atoms with Crippen LogP contribution in [-0.4, -0.2) is 30.0 Å². The number of hydrogen-bond acceptors (Lipinski definition) is 4. The van der Waals surface area contributed by atoms with Crippen LogP contribution in [0.1, 0.15) is 0 Å². The Hall–Kier alpha value is -1.26. The molecule has 5 heteroatoms. The topological polar surface area (TPSA) is 58.4 Å². The Bertz CT molecular complexity index is 178. The molecule has 1 aliphatic heterocycles. The maximum atomic E-state index is 9.96. The molecule has 0 atom stereocenters. The van der Waals surface area contributed by atoms with Crippen LogP contribution in [0.4, 0.5) is 0 Å². The largest absolute Gasteiger partial charge is 0.365 e. The van der Waals surface area contributed by atoms with Crippen LogP contribution in [0.15, 0.2) is 12.0 Å². The highest BCUT2D eigenvalue weighted by Crippen LogP contribution is 2.01. The van der Waals surface area contributed by atoms with E-state index in [1.54, 1.807) is 0 Å². The Morgan fingerprint density at radius 3 is 3.00 bits per heavy atom. The zero-order chi connectivity index (χ0) is 7.56. The quantitative estimate of drug-likeness (QED) is 0.400. The van der Waals surface area contributed by atoms with Gasteiger partial charge in [-0.05, 0) is 0 Å². The van der Waals surface area contributed by atoms with Crippen molar-refractivity contribution in [3.63, 3.8) is 0 Å². The lowest BCUT2D eigenvalue weighted by Crippen LogP contribution is -2.15. The van der Waals surface area contributed by atoms with Crippen molar-refractivity contribution in [3.8, 4) is 0 Å². The maximum absolute atomic E-state index is 9.96. The minimum absolute atomic E-state index is 0.454. The molecule has 1 heterocycles. The zero-order valence-corrected chi connectivity index (χ0v) is 5.70. The average Bonchev–Trinajstić information content (AvgIpc) is 2.15. The van der Waals surface area contributed by atoms with Gasteiger partial charge in [-0.3, -0.25) is 10.1 Å². The average molecular weight is 143 g/mol. The number of likely N-dealkylation sites (N-methyl/N-ethyl adjacent to an activating group) is 1. The molecule has 0 aromatic heterocycles. The van der Waals surface area contributed by atoms with Crippen molar-refractivity contribution in [1.29, 1.82) is 0 Å².